The molecule has 4 N–H and O–H groups in total. The maximum Gasteiger partial charge on any atom is 0.352 e. The second kappa shape index (κ2) is 9.33. The molecule has 0 spiro atoms. The van der Waals surface area contributed by atoms with Crippen LogP contribution in [-0.4, -0.2) is 67.7 Å². The number of allylic oxidation sites excluding steroid dienone is 1. The minimum Gasteiger partial charge on any atom is -0.477 e. The summed E-state index contributed by atoms with van der Waals surface area (Å²) in [5.41, 5.74) is 8.68. The molecule has 2 amide bonds. The molecule has 2 aromatic heterocycles. The summed E-state index contributed by atoms with van der Waals surface area (Å²) < 4.78 is 0. The highest BCUT2D eigenvalue weighted by Gasteiger charge is 2.54. The molecule has 2 aliphatic rings. The molecule has 33 heavy (non-hydrogen) atoms. The van der Waals surface area contributed by atoms with Crippen LogP contribution in [0, 0.1) is 6.92 Å². The fraction of sp³-hybridized carbons (Fsp3) is 0.263. The van der Waals surface area contributed by atoms with Crippen molar-refractivity contribution >= 4 is 69.1 Å². The second-order valence-corrected chi connectivity index (χ2v) is 9.75. The first-order valence-electron chi connectivity index (χ1n) is 9.44. The molecule has 172 valence electrons. The van der Waals surface area contributed by atoms with Crippen molar-refractivity contribution in [3.63, 3.8) is 0 Å². The number of nitrogens with one attached hydrogen (secondary N) is 1. The van der Waals surface area contributed by atoms with E-state index in [9.17, 15) is 19.5 Å². The third-order valence-electron chi connectivity index (χ3n) is 4.87. The van der Waals surface area contributed by atoms with Crippen molar-refractivity contribution in [2.75, 3.05) is 18.6 Å². The van der Waals surface area contributed by atoms with Gasteiger partial charge in [0.15, 0.2) is 10.8 Å². The summed E-state index contributed by atoms with van der Waals surface area (Å²) in [4.78, 5) is 52.7. The Morgan fingerprint density at radius 3 is 2.79 bits per heavy atom. The average molecular weight is 507 g/mol. The van der Waals surface area contributed by atoms with E-state index >= 15 is 0 Å². The number of nitrogens with two attached hydrogens (primary N) is 1. The lowest BCUT2D eigenvalue weighted by Gasteiger charge is -2.49. The summed E-state index contributed by atoms with van der Waals surface area (Å²) in [5, 5.41) is 17.4. The van der Waals surface area contributed by atoms with E-state index in [4.69, 9.17) is 10.6 Å². The second-order valence-electron chi connectivity index (χ2n) is 6.87. The molecule has 0 bridgehead atoms. The van der Waals surface area contributed by atoms with Crippen LogP contribution in [0.2, 0.25) is 0 Å². The molecule has 2 aromatic rings. The number of hydrogen-bond acceptors (Lipinski definition) is 11. The van der Waals surface area contributed by atoms with Gasteiger partial charge in [-0.25, -0.2) is 14.8 Å². The topological polar surface area (TPSA) is 160 Å². The zero-order valence-corrected chi connectivity index (χ0v) is 19.8. The van der Waals surface area contributed by atoms with E-state index in [2.05, 4.69) is 20.4 Å². The standard InChI is InChI=1S/C19H18N6O5S3/c1-8-11(33-7-21-8)4-3-9-5-31-17-13(16(27)25(17)14(9)18(28)29)23-15(26)12(24-30-2)10-6-32-19(20)22-10/h3-4,6-7,13,17H,5H2,1-2H3,(H2,20,22)(H,23,26)(H,28,29)/b4-3+,24-12+/t13?,17-/m1/s1. The van der Waals surface area contributed by atoms with Gasteiger partial charge in [0.2, 0.25) is 0 Å². The largest absolute Gasteiger partial charge is 0.477 e. The van der Waals surface area contributed by atoms with Crippen LogP contribution in [0.3, 0.4) is 0 Å². The van der Waals surface area contributed by atoms with E-state index in [1.807, 2.05) is 6.92 Å². The molecule has 0 radical (unpaired) electrons. The Hall–Kier alpha value is -3.23. The summed E-state index contributed by atoms with van der Waals surface area (Å²) in [6, 6.07) is -0.913. The first-order chi connectivity index (χ1) is 15.8. The Morgan fingerprint density at radius 2 is 2.18 bits per heavy atom. The van der Waals surface area contributed by atoms with Crippen molar-refractivity contribution in [3.05, 3.63) is 44.5 Å². The van der Waals surface area contributed by atoms with Gasteiger partial charge in [0.05, 0.1) is 11.2 Å². The fourth-order valence-corrected chi connectivity index (χ4v) is 5.88. The predicted molar refractivity (Wildman–Crippen MR) is 126 cm³/mol. The summed E-state index contributed by atoms with van der Waals surface area (Å²) in [6.07, 6.45) is 3.49. The van der Waals surface area contributed by atoms with E-state index in [0.29, 0.717) is 11.3 Å². The minimum absolute atomic E-state index is 0.0919. The van der Waals surface area contributed by atoms with E-state index in [0.717, 1.165) is 21.9 Å². The highest BCUT2D eigenvalue weighted by molar-refractivity contribution is 8.00. The molecule has 4 rings (SSSR count). The van der Waals surface area contributed by atoms with Crippen molar-refractivity contribution in [2.24, 2.45) is 5.16 Å². The monoisotopic (exact) mass is 506 g/mol. The van der Waals surface area contributed by atoms with Gasteiger partial charge < -0.3 is 21.0 Å². The number of carbonyl (C=O) groups excluding carboxylic acids is 2. The lowest BCUT2D eigenvalue weighted by atomic mass is 10.0. The maximum absolute atomic E-state index is 12.9. The molecule has 11 nitrogen and oxygen atoms in total. The number of fused-ring (bicyclic) bond motifs is 1. The van der Waals surface area contributed by atoms with E-state index in [1.165, 1.54) is 35.1 Å². The molecular formula is C19H18N6O5S3. The van der Waals surface area contributed by atoms with Gasteiger partial charge >= 0.3 is 5.97 Å². The van der Waals surface area contributed by atoms with Gasteiger partial charge in [-0.2, -0.15) is 0 Å². The van der Waals surface area contributed by atoms with E-state index in [1.54, 1.807) is 23.0 Å². The van der Waals surface area contributed by atoms with Crippen LogP contribution >= 0.6 is 34.4 Å². The number of hydrogen-bond donors (Lipinski definition) is 3. The molecule has 1 fully saturated rings. The number of thioether (sulfide) groups is 1. The van der Waals surface area contributed by atoms with Crippen LogP contribution in [0.1, 0.15) is 16.3 Å². The maximum atomic E-state index is 12.9. The van der Waals surface area contributed by atoms with E-state index < -0.39 is 29.2 Å². The zero-order valence-electron chi connectivity index (χ0n) is 17.3. The van der Waals surface area contributed by atoms with Crippen molar-refractivity contribution in [3.8, 4) is 0 Å². The number of anilines is 1. The van der Waals surface area contributed by atoms with Gasteiger partial charge in [0.1, 0.15) is 29.9 Å². The number of aliphatic carboxylic acids is 1. The Bertz CT molecular complexity index is 1220. The van der Waals surface area contributed by atoms with Crippen molar-refractivity contribution < 1.29 is 24.3 Å². The highest BCUT2D eigenvalue weighted by atomic mass is 32.2. The van der Waals surface area contributed by atoms with Gasteiger partial charge in [0.25, 0.3) is 11.8 Å². The van der Waals surface area contributed by atoms with Gasteiger partial charge in [-0.15, -0.1) is 34.4 Å². The average Bonchev–Trinajstić information content (AvgIpc) is 3.40. The molecule has 14 heteroatoms. The molecular weight excluding hydrogens is 488 g/mol. The van der Waals surface area contributed by atoms with Crippen LogP contribution in [-0.2, 0) is 19.2 Å². The van der Waals surface area contributed by atoms with Gasteiger partial charge in [0, 0.05) is 16.0 Å². The quantitative estimate of drug-likeness (QED) is 0.286. The number of amides is 2. The lowest BCUT2D eigenvalue weighted by Crippen LogP contribution is -2.71. The van der Waals surface area contributed by atoms with Crippen LogP contribution in [0.15, 0.2) is 33.4 Å². The molecule has 1 saturated heterocycles. The number of carboxylic acids is 1. The summed E-state index contributed by atoms with van der Waals surface area (Å²) in [6.45, 7) is 1.86. The highest BCUT2D eigenvalue weighted by Crippen LogP contribution is 2.41. The number of β-lactam (4-membered cyclic amide) rings is 1. The molecule has 2 aliphatic heterocycles. The van der Waals surface area contributed by atoms with Crippen LogP contribution < -0.4 is 11.1 Å². The predicted octanol–water partition coefficient (Wildman–Crippen LogP) is 1.29. The van der Waals surface area contributed by atoms with Crippen LogP contribution in [0.25, 0.3) is 6.08 Å². The van der Waals surface area contributed by atoms with Crippen LogP contribution in [0.4, 0.5) is 5.13 Å². The normalized spacial score (nSPS) is 20.6. The first kappa shape index (κ1) is 22.9. The summed E-state index contributed by atoms with van der Waals surface area (Å²) >= 11 is 3.94. The Balaban J connectivity index is 1.54. The lowest BCUT2D eigenvalue weighted by molar-refractivity contribution is -0.150. The SMILES string of the molecule is CO/N=C(/C(=O)NC1C(=O)N2C(C(=O)O)=C(/C=C/c3scnc3C)CS[C@H]12)c1csc(N)n1. The molecule has 0 saturated carbocycles. The molecule has 4 heterocycles. The molecule has 0 aliphatic carbocycles. The van der Waals surface area contributed by atoms with E-state index in [-0.39, 0.29) is 22.2 Å². The first-order valence-corrected chi connectivity index (χ1v) is 12.2. The van der Waals surface area contributed by atoms with Gasteiger partial charge in [-0.3, -0.25) is 14.5 Å². The Kier molecular flexibility index (Phi) is 6.49. The van der Waals surface area contributed by atoms with Crippen LogP contribution in [0.5, 0.6) is 0 Å². The number of aromatic nitrogens is 2. The molecule has 2 atom stereocenters. The number of thiazole rings is 2. The number of carboxylic acid groups (broad SMARTS) is 1. The summed E-state index contributed by atoms with van der Waals surface area (Å²) in [7, 11) is 1.28. The smallest absolute Gasteiger partial charge is 0.352 e. The number of rotatable bonds is 7. The minimum atomic E-state index is -1.21. The Labute approximate surface area is 200 Å². The van der Waals surface area contributed by atoms with Crippen molar-refractivity contribution in [1.82, 2.24) is 20.2 Å². The number of nitrogen functional groups attached to an aromatic ring is 1. The van der Waals surface area contributed by atoms with Gasteiger partial charge in [-0.05, 0) is 18.6 Å². The number of oxime groups is 1. The number of carbonyl (C=O) groups is 3. The summed E-state index contributed by atoms with van der Waals surface area (Å²) in [5.74, 6) is -2.04. The molecule has 1 unspecified atom stereocenters. The van der Waals surface area contributed by atoms with Crippen molar-refractivity contribution in [1.29, 1.82) is 0 Å². The third kappa shape index (κ3) is 4.36. The van der Waals surface area contributed by atoms with Gasteiger partial charge in [-0.1, -0.05) is 11.2 Å². The zero-order chi connectivity index (χ0) is 23.7. The molecule has 0 aromatic carbocycles. The fourth-order valence-electron chi connectivity index (χ4n) is 3.32. The third-order valence-corrected chi connectivity index (χ3v) is 7.74. The van der Waals surface area contributed by atoms with Crippen molar-refractivity contribution in [2.45, 2.75) is 18.3 Å². The number of nitrogens with zero attached hydrogens (tertiary/aromatic N) is 4. The Morgan fingerprint density at radius 1 is 1.39 bits per heavy atom. The number of aryl methyl sites for hydroxylation is 1.